The van der Waals surface area contributed by atoms with Gasteiger partial charge in [0.25, 0.3) is 0 Å². The normalized spacial score (nSPS) is 17.6. The van der Waals surface area contributed by atoms with Gasteiger partial charge in [0.1, 0.15) is 12.2 Å². The molecule has 0 bridgehead atoms. The van der Waals surface area contributed by atoms with Crippen LogP contribution in [0.4, 0.5) is 9.18 Å². The number of benzene rings is 1. The van der Waals surface area contributed by atoms with Crippen LogP contribution in [0, 0.1) is 5.82 Å². The number of hydrogen-bond acceptors (Lipinski definition) is 3. The molecular weight excluding hydrogens is 249 g/mol. The molecule has 1 aliphatic heterocycles. The molecule has 0 fully saturated rings. The van der Waals surface area contributed by atoms with Crippen molar-refractivity contribution in [2.75, 3.05) is 13.7 Å². The van der Waals surface area contributed by atoms with Crippen LogP contribution in [0.3, 0.4) is 0 Å². The molecule has 4 nitrogen and oxygen atoms in total. The predicted molar refractivity (Wildman–Crippen MR) is 68.6 cm³/mol. The second-order valence-electron chi connectivity index (χ2n) is 5.58. The number of ether oxygens (including phenoxy) is 2. The molecule has 5 heteroatoms. The van der Waals surface area contributed by atoms with Crippen LogP contribution in [0.1, 0.15) is 32.4 Å². The smallest absolute Gasteiger partial charge is 0.410 e. The van der Waals surface area contributed by atoms with Crippen molar-refractivity contribution >= 4 is 6.09 Å². The van der Waals surface area contributed by atoms with Crippen LogP contribution < -0.4 is 4.74 Å². The Morgan fingerprint density at radius 2 is 2.16 bits per heavy atom. The summed E-state index contributed by atoms with van der Waals surface area (Å²) in [7, 11) is 1.63. The molecule has 19 heavy (non-hydrogen) atoms. The van der Waals surface area contributed by atoms with Crippen LogP contribution in [-0.4, -0.2) is 30.2 Å². The summed E-state index contributed by atoms with van der Waals surface area (Å²) in [6, 6.07) is 4.39. The van der Waals surface area contributed by atoms with Crippen molar-refractivity contribution in [1.82, 2.24) is 4.90 Å². The molecule has 1 aromatic carbocycles. The number of nitrogens with zero attached hydrogens (tertiary/aromatic N) is 1. The summed E-state index contributed by atoms with van der Waals surface area (Å²) in [5.41, 5.74) is 0.114. The lowest BCUT2D eigenvalue weighted by molar-refractivity contribution is 0.0201. The Hall–Kier alpha value is -1.78. The summed E-state index contributed by atoms with van der Waals surface area (Å²) in [6.07, 6.45) is -0.446. The first kappa shape index (κ1) is 13.6. The van der Waals surface area contributed by atoms with Gasteiger partial charge < -0.3 is 14.4 Å². The molecule has 0 N–H and O–H groups in total. The highest BCUT2D eigenvalue weighted by atomic mass is 19.1. The molecule has 104 valence electrons. The summed E-state index contributed by atoms with van der Waals surface area (Å²) in [4.78, 5) is 13.4. The molecule has 0 saturated heterocycles. The number of carbonyl (C=O) groups excluding carboxylic acids is 1. The van der Waals surface area contributed by atoms with Gasteiger partial charge in [0.2, 0.25) is 0 Å². The minimum atomic E-state index is -0.560. The highest BCUT2D eigenvalue weighted by Gasteiger charge is 2.33. The zero-order valence-corrected chi connectivity index (χ0v) is 11.6. The van der Waals surface area contributed by atoms with Crippen LogP contribution in [0.25, 0.3) is 0 Å². The molecule has 0 radical (unpaired) electrons. The van der Waals surface area contributed by atoms with Gasteiger partial charge in [-0.3, -0.25) is 0 Å². The van der Waals surface area contributed by atoms with Crippen LogP contribution in [0.2, 0.25) is 0 Å². The van der Waals surface area contributed by atoms with Crippen molar-refractivity contribution in [3.8, 4) is 5.75 Å². The lowest BCUT2D eigenvalue weighted by Crippen LogP contribution is -2.37. The Morgan fingerprint density at radius 3 is 2.79 bits per heavy atom. The fraction of sp³-hybridized carbons (Fsp3) is 0.500. The second kappa shape index (κ2) is 4.72. The van der Waals surface area contributed by atoms with Gasteiger partial charge in [0.05, 0.1) is 6.04 Å². The fourth-order valence-corrected chi connectivity index (χ4v) is 1.97. The topological polar surface area (TPSA) is 38.8 Å². The van der Waals surface area contributed by atoms with Gasteiger partial charge in [-0.05, 0) is 26.8 Å². The monoisotopic (exact) mass is 267 g/mol. The Bertz CT molecular complexity index is 496. The lowest BCUT2D eigenvalue weighted by atomic mass is 10.1. The summed E-state index contributed by atoms with van der Waals surface area (Å²) >= 11 is 0. The molecular formula is C14H18FNO3. The summed E-state index contributed by atoms with van der Waals surface area (Å²) in [5.74, 6) is -0.180. The van der Waals surface area contributed by atoms with Crippen molar-refractivity contribution in [1.29, 1.82) is 0 Å². The average molecular weight is 267 g/mol. The number of hydrogen-bond donors (Lipinski definition) is 0. The standard InChI is InChI=1S/C14H18FNO3/c1-14(2,3)19-13(17)16(4)11-8-18-12-9(11)6-5-7-10(12)15/h5-7,11H,8H2,1-4H3. The first-order chi connectivity index (χ1) is 8.79. The lowest BCUT2D eigenvalue weighted by Gasteiger charge is -2.27. The van der Waals surface area contributed by atoms with Crippen molar-refractivity contribution < 1.29 is 18.7 Å². The maximum Gasteiger partial charge on any atom is 0.410 e. The number of fused-ring (bicyclic) bond motifs is 1. The highest BCUT2D eigenvalue weighted by Crippen LogP contribution is 2.37. The third-order valence-corrected chi connectivity index (χ3v) is 2.89. The molecule has 0 aromatic heterocycles. The van der Waals surface area contributed by atoms with Crippen molar-refractivity contribution in [2.45, 2.75) is 32.4 Å². The number of para-hydroxylation sites is 1. The van der Waals surface area contributed by atoms with Gasteiger partial charge in [-0.1, -0.05) is 12.1 Å². The molecule has 2 rings (SSSR count). The zero-order chi connectivity index (χ0) is 14.2. The van der Waals surface area contributed by atoms with Gasteiger partial charge >= 0.3 is 6.09 Å². The predicted octanol–water partition coefficient (Wildman–Crippen LogP) is 3.13. The molecule has 0 saturated carbocycles. The number of carbonyl (C=O) groups is 1. The molecule has 1 unspecified atom stereocenters. The number of halogens is 1. The maximum absolute atomic E-state index is 13.5. The van der Waals surface area contributed by atoms with E-state index in [-0.39, 0.29) is 18.4 Å². The number of rotatable bonds is 1. The number of amides is 1. The zero-order valence-electron chi connectivity index (χ0n) is 11.6. The van der Waals surface area contributed by atoms with Crippen LogP contribution in [0.15, 0.2) is 18.2 Å². The van der Waals surface area contributed by atoms with Crippen molar-refractivity contribution in [2.24, 2.45) is 0 Å². The van der Waals surface area contributed by atoms with E-state index in [9.17, 15) is 9.18 Å². The van der Waals surface area contributed by atoms with E-state index in [2.05, 4.69) is 0 Å². The summed E-state index contributed by atoms with van der Waals surface area (Å²) in [6.45, 7) is 5.65. The second-order valence-corrected chi connectivity index (χ2v) is 5.58. The molecule has 1 aromatic rings. The van der Waals surface area contributed by atoms with Gasteiger partial charge in [0.15, 0.2) is 11.6 Å². The third-order valence-electron chi connectivity index (χ3n) is 2.89. The molecule has 0 spiro atoms. The van der Waals surface area contributed by atoms with Crippen LogP contribution in [0.5, 0.6) is 5.75 Å². The molecule has 0 aliphatic carbocycles. The van der Waals surface area contributed by atoms with E-state index in [0.717, 1.165) is 0 Å². The Labute approximate surface area is 112 Å². The van der Waals surface area contributed by atoms with Crippen LogP contribution in [-0.2, 0) is 4.74 Å². The third kappa shape index (κ3) is 2.80. The molecule has 1 atom stereocenters. The van der Waals surface area contributed by atoms with Crippen LogP contribution >= 0.6 is 0 Å². The van der Waals surface area contributed by atoms with Crippen molar-refractivity contribution in [3.05, 3.63) is 29.6 Å². The molecule has 1 amide bonds. The summed E-state index contributed by atoms with van der Waals surface area (Å²) in [5, 5.41) is 0. The number of likely N-dealkylation sites (N-methyl/N-ethyl adjacent to an activating group) is 1. The highest BCUT2D eigenvalue weighted by molar-refractivity contribution is 5.69. The quantitative estimate of drug-likeness (QED) is 0.784. The molecule has 1 heterocycles. The van der Waals surface area contributed by atoms with Gasteiger partial charge in [-0.2, -0.15) is 0 Å². The summed E-state index contributed by atoms with van der Waals surface area (Å²) < 4.78 is 24.2. The minimum Gasteiger partial charge on any atom is -0.488 e. The first-order valence-corrected chi connectivity index (χ1v) is 6.16. The first-order valence-electron chi connectivity index (χ1n) is 6.16. The molecule has 1 aliphatic rings. The van der Waals surface area contributed by atoms with Gasteiger partial charge in [-0.15, -0.1) is 0 Å². The Balaban J connectivity index is 2.17. The SMILES string of the molecule is CN(C(=O)OC(C)(C)C)C1COc2c(F)cccc21. The largest absolute Gasteiger partial charge is 0.488 e. The fourth-order valence-electron chi connectivity index (χ4n) is 1.97. The van der Waals surface area contributed by atoms with Gasteiger partial charge in [0, 0.05) is 12.6 Å². The van der Waals surface area contributed by atoms with E-state index in [1.54, 1.807) is 40.0 Å². The average Bonchev–Trinajstić information content (AvgIpc) is 2.71. The van der Waals surface area contributed by atoms with E-state index in [1.807, 2.05) is 0 Å². The Morgan fingerprint density at radius 1 is 1.47 bits per heavy atom. The Kier molecular flexibility index (Phi) is 3.39. The van der Waals surface area contributed by atoms with E-state index < -0.39 is 17.5 Å². The van der Waals surface area contributed by atoms with E-state index >= 15 is 0 Å². The van der Waals surface area contributed by atoms with E-state index in [0.29, 0.717) is 5.56 Å². The van der Waals surface area contributed by atoms with Crippen molar-refractivity contribution in [3.63, 3.8) is 0 Å². The minimum absolute atomic E-state index is 0.225. The maximum atomic E-state index is 13.5. The van der Waals surface area contributed by atoms with E-state index in [1.165, 1.54) is 11.0 Å². The van der Waals surface area contributed by atoms with Gasteiger partial charge in [-0.25, -0.2) is 9.18 Å². The van der Waals surface area contributed by atoms with E-state index in [4.69, 9.17) is 9.47 Å².